The standard InChI is InChI=1S/C22H22N4O2/c1-13-9-15(11-17(10-13)28-16-5-3-4-6-16)19-20-22(24-12-23-20)26-21(25-19)18-8-7-14(2)27-18/h7-12,16H,3-6H2,1-2H3,(H,23,24,25,26). The first-order valence-electron chi connectivity index (χ1n) is 9.72. The summed E-state index contributed by atoms with van der Waals surface area (Å²) in [5.74, 6) is 2.88. The van der Waals surface area contributed by atoms with Gasteiger partial charge in [-0.3, -0.25) is 0 Å². The molecule has 0 bridgehead atoms. The van der Waals surface area contributed by atoms with Gasteiger partial charge in [0, 0.05) is 5.56 Å². The number of aromatic amines is 1. The first-order valence-corrected chi connectivity index (χ1v) is 9.72. The van der Waals surface area contributed by atoms with E-state index in [0.29, 0.717) is 23.3 Å². The van der Waals surface area contributed by atoms with Crippen molar-refractivity contribution in [2.45, 2.75) is 45.6 Å². The summed E-state index contributed by atoms with van der Waals surface area (Å²) < 4.78 is 12.0. The summed E-state index contributed by atoms with van der Waals surface area (Å²) in [6.07, 6.45) is 6.71. The first-order chi connectivity index (χ1) is 13.7. The predicted molar refractivity (Wildman–Crippen MR) is 107 cm³/mol. The zero-order valence-electron chi connectivity index (χ0n) is 16.0. The van der Waals surface area contributed by atoms with Gasteiger partial charge in [-0.2, -0.15) is 0 Å². The number of furan rings is 1. The van der Waals surface area contributed by atoms with Crippen molar-refractivity contribution in [1.29, 1.82) is 0 Å². The van der Waals surface area contributed by atoms with Crippen molar-refractivity contribution in [2.24, 2.45) is 0 Å². The molecule has 0 spiro atoms. The molecule has 0 saturated heterocycles. The average Bonchev–Trinajstić information content (AvgIpc) is 3.41. The van der Waals surface area contributed by atoms with Crippen LogP contribution >= 0.6 is 0 Å². The van der Waals surface area contributed by atoms with E-state index < -0.39 is 0 Å². The van der Waals surface area contributed by atoms with Crippen LogP contribution in [0, 0.1) is 13.8 Å². The van der Waals surface area contributed by atoms with Gasteiger partial charge in [-0.25, -0.2) is 15.0 Å². The van der Waals surface area contributed by atoms with E-state index in [0.717, 1.165) is 46.7 Å². The molecule has 0 radical (unpaired) electrons. The molecule has 1 aromatic carbocycles. The Morgan fingerprint density at radius 3 is 2.71 bits per heavy atom. The summed E-state index contributed by atoms with van der Waals surface area (Å²) >= 11 is 0. The third-order valence-corrected chi connectivity index (χ3v) is 5.18. The smallest absolute Gasteiger partial charge is 0.198 e. The number of ether oxygens (including phenoxy) is 1. The Morgan fingerprint density at radius 1 is 1.07 bits per heavy atom. The number of nitrogens with zero attached hydrogens (tertiary/aromatic N) is 3. The van der Waals surface area contributed by atoms with Gasteiger partial charge in [0.15, 0.2) is 17.2 Å². The lowest BCUT2D eigenvalue weighted by Gasteiger charge is -2.15. The third-order valence-electron chi connectivity index (χ3n) is 5.18. The van der Waals surface area contributed by atoms with E-state index in [2.05, 4.69) is 40.1 Å². The van der Waals surface area contributed by atoms with Crippen LogP contribution in [-0.4, -0.2) is 26.0 Å². The van der Waals surface area contributed by atoms with Crippen LogP contribution in [-0.2, 0) is 0 Å². The van der Waals surface area contributed by atoms with Gasteiger partial charge in [0.1, 0.15) is 22.7 Å². The molecule has 1 saturated carbocycles. The van der Waals surface area contributed by atoms with Crippen molar-refractivity contribution < 1.29 is 9.15 Å². The minimum atomic E-state index is 0.314. The molecule has 0 aliphatic heterocycles. The number of aromatic nitrogens is 4. The van der Waals surface area contributed by atoms with Crippen LogP contribution in [0.3, 0.4) is 0 Å². The Bertz CT molecular complexity index is 1140. The molecule has 28 heavy (non-hydrogen) atoms. The maximum atomic E-state index is 6.24. The molecular weight excluding hydrogens is 352 g/mol. The highest BCUT2D eigenvalue weighted by molar-refractivity contribution is 5.88. The minimum absolute atomic E-state index is 0.314. The molecule has 4 aromatic rings. The molecule has 5 rings (SSSR count). The van der Waals surface area contributed by atoms with E-state index in [-0.39, 0.29) is 0 Å². The lowest BCUT2D eigenvalue weighted by Crippen LogP contribution is -2.11. The van der Waals surface area contributed by atoms with Crippen LogP contribution in [0.5, 0.6) is 5.75 Å². The molecule has 0 atom stereocenters. The lowest BCUT2D eigenvalue weighted by molar-refractivity contribution is 0.210. The fourth-order valence-corrected chi connectivity index (χ4v) is 3.86. The van der Waals surface area contributed by atoms with Gasteiger partial charge in [0.05, 0.1) is 12.4 Å². The Balaban J connectivity index is 1.62. The number of hydrogen-bond donors (Lipinski definition) is 1. The van der Waals surface area contributed by atoms with Gasteiger partial charge in [0.25, 0.3) is 0 Å². The average molecular weight is 374 g/mol. The first kappa shape index (κ1) is 17.0. The molecule has 0 unspecified atom stereocenters. The second-order valence-corrected chi connectivity index (χ2v) is 7.47. The Kier molecular flexibility index (Phi) is 4.11. The molecule has 1 fully saturated rings. The number of benzene rings is 1. The Labute approximate surface area is 163 Å². The molecule has 3 aromatic heterocycles. The van der Waals surface area contributed by atoms with Crippen LogP contribution < -0.4 is 4.74 Å². The monoisotopic (exact) mass is 374 g/mol. The van der Waals surface area contributed by atoms with Crippen molar-refractivity contribution in [3.63, 3.8) is 0 Å². The van der Waals surface area contributed by atoms with Crippen molar-refractivity contribution in [1.82, 2.24) is 19.9 Å². The highest BCUT2D eigenvalue weighted by Gasteiger charge is 2.19. The maximum Gasteiger partial charge on any atom is 0.198 e. The maximum absolute atomic E-state index is 6.24. The number of rotatable bonds is 4. The van der Waals surface area contributed by atoms with E-state index in [1.54, 1.807) is 6.33 Å². The van der Waals surface area contributed by atoms with Crippen molar-refractivity contribution in [3.05, 3.63) is 48.0 Å². The topological polar surface area (TPSA) is 76.8 Å². The molecule has 142 valence electrons. The second kappa shape index (κ2) is 6.78. The van der Waals surface area contributed by atoms with Crippen LogP contribution in [0.25, 0.3) is 34.0 Å². The van der Waals surface area contributed by atoms with Gasteiger partial charge < -0.3 is 14.1 Å². The van der Waals surface area contributed by atoms with Crippen LogP contribution in [0.1, 0.15) is 37.0 Å². The second-order valence-electron chi connectivity index (χ2n) is 7.47. The largest absolute Gasteiger partial charge is 0.490 e. The van der Waals surface area contributed by atoms with Crippen molar-refractivity contribution in [3.8, 4) is 28.6 Å². The highest BCUT2D eigenvalue weighted by Crippen LogP contribution is 2.32. The van der Waals surface area contributed by atoms with E-state index in [1.165, 1.54) is 12.8 Å². The van der Waals surface area contributed by atoms with Crippen molar-refractivity contribution in [2.75, 3.05) is 0 Å². The molecule has 6 heteroatoms. The molecular formula is C22H22N4O2. The summed E-state index contributed by atoms with van der Waals surface area (Å²) in [6.45, 7) is 3.98. The van der Waals surface area contributed by atoms with E-state index in [4.69, 9.17) is 14.1 Å². The van der Waals surface area contributed by atoms with Gasteiger partial charge in [-0.05, 0) is 75.4 Å². The normalized spacial score (nSPS) is 14.8. The quantitative estimate of drug-likeness (QED) is 0.530. The van der Waals surface area contributed by atoms with Crippen molar-refractivity contribution >= 4 is 11.2 Å². The summed E-state index contributed by atoms with van der Waals surface area (Å²) in [5, 5.41) is 0. The summed E-state index contributed by atoms with van der Waals surface area (Å²) in [7, 11) is 0. The predicted octanol–water partition coefficient (Wildman–Crippen LogP) is 5.22. The fraction of sp³-hybridized carbons (Fsp3) is 0.318. The molecule has 1 N–H and O–H groups in total. The third kappa shape index (κ3) is 3.15. The highest BCUT2D eigenvalue weighted by atomic mass is 16.5. The number of aryl methyl sites for hydroxylation is 2. The zero-order chi connectivity index (χ0) is 19.1. The number of hydrogen-bond acceptors (Lipinski definition) is 5. The van der Waals surface area contributed by atoms with E-state index >= 15 is 0 Å². The number of H-pyrrole nitrogens is 1. The number of fused-ring (bicyclic) bond motifs is 1. The van der Waals surface area contributed by atoms with E-state index in [1.807, 2.05) is 19.1 Å². The Morgan fingerprint density at radius 2 is 1.93 bits per heavy atom. The summed E-state index contributed by atoms with van der Waals surface area (Å²) in [4.78, 5) is 16.9. The van der Waals surface area contributed by atoms with E-state index in [9.17, 15) is 0 Å². The molecule has 1 aliphatic rings. The summed E-state index contributed by atoms with van der Waals surface area (Å²) in [5.41, 5.74) is 4.34. The van der Waals surface area contributed by atoms with Crippen LogP contribution in [0.4, 0.5) is 0 Å². The molecule has 6 nitrogen and oxygen atoms in total. The van der Waals surface area contributed by atoms with Gasteiger partial charge in [-0.15, -0.1) is 0 Å². The molecule has 0 amide bonds. The molecule has 1 aliphatic carbocycles. The number of nitrogens with one attached hydrogen (secondary N) is 1. The van der Waals surface area contributed by atoms with Gasteiger partial charge >= 0.3 is 0 Å². The minimum Gasteiger partial charge on any atom is -0.490 e. The van der Waals surface area contributed by atoms with Crippen LogP contribution in [0.2, 0.25) is 0 Å². The zero-order valence-corrected chi connectivity index (χ0v) is 16.0. The number of imidazole rings is 1. The molecule has 3 heterocycles. The van der Waals surface area contributed by atoms with Gasteiger partial charge in [-0.1, -0.05) is 0 Å². The van der Waals surface area contributed by atoms with Gasteiger partial charge in [0.2, 0.25) is 0 Å². The lowest BCUT2D eigenvalue weighted by atomic mass is 10.1. The Hall–Kier alpha value is -3.15. The summed E-state index contributed by atoms with van der Waals surface area (Å²) in [6, 6.07) is 10.1. The SMILES string of the molecule is Cc1cc(OC2CCCC2)cc(-c2nc(-c3ccc(C)o3)nc3nc[nH]c23)c1. The van der Waals surface area contributed by atoms with Crippen LogP contribution in [0.15, 0.2) is 41.1 Å². The fourth-order valence-electron chi connectivity index (χ4n) is 3.86.